The van der Waals surface area contributed by atoms with Gasteiger partial charge in [-0.25, -0.2) is 0 Å². The molecule has 0 N–H and O–H groups in total. The number of rotatable bonds is 3. The molecule has 13 heavy (non-hydrogen) atoms. The summed E-state index contributed by atoms with van der Waals surface area (Å²) in [5.74, 6) is 0.465. The van der Waals surface area contributed by atoms with Crippen molar-refractivity contribution in [1.82, 2.24) is 0 Å². The fraction of sp³-hybridized carbons (Fsp3) is 0.909. The van der Waals surface area contributed by atoms with Crippen LogP contribution in [0.1, 0.15) is 41.0 Å². The number of carbonyl (C=O) groups excluding carboxylic acids is 1. The molecule has 2 atom stereocenters. The second-order valence-corrected chi connectivity index (χ2v) is 7.65. The summed E-state index contributed by atoms with van der Waals surface area (Å²) in [6.45, 7) is 10.6. The van der Waals surface area contributed by atoms with Crippen molar-refractivity contribution in [2.45, 2.75) is 45.4 Å². The van der Waals surface area contributed by atoms with Gasteiger partial charge in [0.1, 0.15) is 0 Å². The van der Waals surface area contributed by atoms with Crippen LogP contribution in [-0.4, -0.2) is 10.6 Å². The van der Waals surface area contributed by atoms with Crippen molar-refractivity contribution < 1.29 is 4.79 Å². The molecule has 2 unspecified atom stereocenters. The van der Waals surface area contributed by atoms with E-state index in [1.807, 2.05) is 6.92 Å². The molecule has 0 aromatic heterocycles. The topological polar surface area (TPSA) is 17.1 Å². The molecule has 0 spiro atoms. The van der Waals surface area contributed by atoms with Crippen molar-refractivity contribution in [3.8, 4) is 0 Å². The fourth-order valence-corrected chi connectivity index (χ4v) is 2.57. The minimum absolute atomic E-state index is 0.125. The van der Waals surface area contributed by atoms with E-state index in [1.54, 1.807) is 0 Å². The van der Waals surface area contributed by atoms with Crippen LogP contribution in [0.15, 0.2) is 0 Å². The minimum Gasteiger partial charge on any atom is -0.290 e. The lowest BCUT2D eigenvalue weighted by molar-refractivity contribution is 0.470. The van der Waals surface area contributed by atoms with Gasteiger partial charge >= 0.3 is 0 Å². The van der Waals surface area contributed by atoms with Crippen LogP contribution in [0, 0.1) is 16.7 Å². The standard InChI is InChI=1S/C11H18BrO/c1-9(2,12)6-8-10(3,4)11(8,5)7-13/h8H,6H2,1-5H3. The highest BCUT2D eigenvalue weighted by atomic mass is 79.9. The zero-order chi connectivity index (χ0) is 10.5. The Hall–Kier alpha value is 0.150. The van der Waals surface area contributed by atoms with Crippen molar-refractivity contribution in [3.63, 3.8) is 0 Å². The smallest absolute Gasteiger partial charge is 0.205 e. The van der Waals surface area contributed by atoms with Crippen molar-refractivity contribution in [2.75, 3.05) is 0 Å². The Morgan fingerprint density at radius 1 is 1.38 bits per heavy atom. The van der Waals surface area contributed by atoms with Crippen LogP contribution in [0.4, 0.5) is 0 Å². The quantitative estimate of drug-likeness (QED) is 0.698. The van der Waals surface area contributed by atoms with Gasteiger partial charge in [0.05, 0.1) is 0 Å². The van der Waals surface area contributed by atoms with Gasteiger partial charge in [0.25, 0.3) is 0 Å². The molecule has 1 saturated carbocycles. The largest absolute Gasteiger partial charge is 0.290 e. The minimum atomic E-state index is -0.224. The second-order valence-electron chi connectivity index (χ2n) is 5.50. The van der Waals surface area contributed by atoms with Crippen molar-refractivity contribution >= 4 is 22.2 Å². The first-order valence-corrected chi connectivity index (χ1v) is 5.53. The summed E-state index contributed by atoms with van der Waals surface area (Å²) in [5.41, 5.74) is -0.0994. The predicted molar refractivity (Wildman–Crippen MR) is 58.7 cm³/mol. The number of halogens is 1. The van der Waals surface area contributed by atoms with E-state index < -0.39 is 0 Å². The Labute approximate surface area is 89.4 Å². The van der Waals surface area contributed by atoms with E-state index >= 15 is 0 Å². The first-order valence-electron chi connectivity index (χ1n) is 4.73. The molecule has 2 heteroatoms. The molecule has 1 radical (unpaired) electrons. The maximum Gasteiger partial charge on any atom is 0.205 e. The van der Waals surface area contributed by atoms with E-state index in [-0.39, 0.29) is 15.2 Å². The average Bonchev–Trinajstić information content (AvgIpc) is 2.33. The van der Waals surface area contributed by atoms with Crippen molar-refractivity contribution in [3.05, 3.63) is 0 Å². The van der Waals surface area contributed by atoms with Crippen LogP contribution in [0.25, 0.3) is 0 Å². The molecule has 1 fully saturated rings. The molecule has 0 aromatic rings. The van der Waals surface area contributed by atoms with Gasteiger partial charge in [0.2, 0.25) is 6.29 Å². The van der Waals surface area contributed by atoms with Crippen LogP contribution >= 0.6 is 15.9 Å². The van der Waals surface area contributed by atoms with Crippen molar-refractivity contribution in [1.29, 1.82) is 0 Å². The highest BCUT2D eigenvalue weighted by Crippen LogP contribution is 2.70. The molecule has 1 aliphatic rings. The highest BCUT2D eigenvalue weighted by molar-refractivity contribution is 9.10. The van der Waals surface area contributed by atoms with Crippen LogP contribution in [0.3, 0.4) is 0 Å². The predicted octanol–water partition coefficient (Wildman–Crippen LogP) is 3.32. The summed E-state index contributed by atoms with van der Waals surface area (Å²) in [4.78, 5) is 10.9. The van der Waals surface area contributed by atoms with Gasteiger partial charge in [-0.15, -0.1) is 0 Å². The molecule has 1 rings (SSSR count). The molecule has 0 aliphatic heterocycles. The van der Waals surface area contributed by atoms with E-state index in [9.17, 15) is 4.79 Å². The summed E-state index contributed by atoms with van der Waals surface area (Å²) in [5, 5.41) is 0. The number of hydrogen-bond donors (Lipinski definition) is 0. The summed E-state index contributed by atoms with van der Waals surface area (Å²) >= 11 is 3.62. The first-order chi connectivity index (χ1) is 5.65. The van der Waals surface area contributed by atoms with Crippen LogP contribution in [0.2, 0.25) is 0 Å². The third-order valence-electron chi connectivity index (χ3n) is 3.72. The summed E-state index contributed by atoms with van der Waals surface area (Å²) < 4.78 is 0.129. The Bertz CT molecular complexity index is 227. The molecule has 0 aromatic carbocycles. The van der Waals surface area contributed by atoms with E-state index in [0.717, 1.165) is 6.42 Å². The van der Waals surface area contributed by atoms with Gasteiger partial charge in [-0.3, -0.25) is 4.79 Å². The third kappa shape index (κ3) is 1.70. The van der Waals surface area contributed by atoms with Gasteiger partial charge in [-0.2, -0.15) is 0 Å². The van der Waals surface area contributed by atoms with Gasteiger partial charge in [0, 0.05) is 9.74 Å². The molecule has 1 nitrogen and oxygen atoms in total. The normalized spacial score (nSPS) is 37.2. The number of hydrogen-bond acceptors (Lipinski definition) is 1. The Balaban J connectivity index is 2.72. The van der Waals surface area contributed by atoms with E-state index in [1.165, 1.54) is 0 Å². The molecule has 0 amide bonds. The van der Waals surface area contributed by atoms with Crippen LogP contribution < -0.4 is 0 Å². The molecule has 0 bridgehead atoms. The van der Waals surface area contributed by atoms with E-state index in [2.05, 4.69) is 49.9 Å². The lowest BCUT2D eigenvalue weighted by atomic mass is 10.0. The maximum atomic E-state index is 10.9. The number of alkyl halides is 1. The fourth-order valence-electron chi connectivity index (χ4n) is 2.25. The summed E-state index contributed by atoms with van der Waals surface area (Å²) in [6, 6.07) is 0. The molecule has 75 valence electrons. The van der Waals surface area contributed by atoms with Gasteiger partial charge in [0.15, 0.2) is 0 Å². The zero-order valence-corrected chi connectivity index (χ0v) is 10.7. The zero-order valence-electron chi connectivity index (χ0n) is 9.07. The molecule has 1 aliphatic carbocycles. The second kappa shape index (κ2) is 2.82. The molecule has 0 heterocycles. The average molecular weight is 246 g/mol. The Kier molecular flexibility index (Phi) is 2.43. The van der Waals surface area contributed by atoms with Gasteiger partial charge in [-0.1, -0.05) is 50.5 Å². The third-order valence-corrected chi connectivity index (χ3v) is 4.05. The Morgan fingerprint density at radius 2 is 1.85 bits per heavy atom. The molecular formula is C11H18BrO. The van der Waals surface area contributed by atoms with E-state index in [0.29, 0.717) is 5.92 Å². The molecular weight excluding hydrogens is 228 g/mol. The van der Waals surface area contributed by atoms with E-state index in [4.69, 9.17) is 0 Å². The van der Waals surface area contributed by atoms with Crippen molar-refractivity contribution in [2.24, 2.45) is 16.7 Å². The van der Waals surface area contributed by atoms with Gasteiger partial charge < -0.3 is 0 Å². The van der Waals surface area contributed by atoms with Crippen LogP contribution in [0.5, 0.6) is 0 Å². The lowest BCUT2D eigenvalue weighted by Gasteiger charge is -2.16. The summed E-state index contributed by atoms with van der Waals surface area (Å²) in [6.07, 6.45) is 3.24. The summed E-state index contributed by atoms with van der Waals surface area (Å²) in [7, 11) is 0. The molecule has 0 saturated heterocycles. The van der Waals surface area contributed by atoms with Crippen LogP contribution in [-0.2, 0) is 4.79 Å². The monoisotopic (exact) mass is 245 g/mol. The maximum absolute atomic E-state index is 10.9. The highest BCUT2D eigenvalue weighted by Gasteiger charge is 2.68. The SMILES string of the molecule is CC(C)(Br)CC1C(C)(C)C1(C)[C]=O. The Morgan fingerprint density at radius 3 is 2.08 bits per heavy atom. The first kappa shape index (κ1) is 11.2. The lowest BCUT2D eigenvalue weighted by Crippen LogP contribution is -2.13. The van der Waals surface area contributed by atoms with Gasteiger partial charge in [-0.05, 0) is 17.8 Å².